The minimum atomic E-state index is -0.219. The molecule has 0 radical (unpaired) electrons. The van der Waals surface area contributed by atoms with Crippen LogP contribution in [0.2, 0.25) is 0 Å². The van der Waals surface area contributed by atoms with Crippen LogP contribution in [0.3, 0.4) is 0 Å². The Kier molecular flexibility index (Phi) is 4.81. The molecule has 1 aromatic rings. The van der Waals surface area contributed by atoms with Gasteiger partial charge >= 0.3 is 0 Å². The molecule has 0 bridgehead atoms. The summed E-state index contributed by atoms with van der Waals surface area (Å²) < 4.78 is 0. The van der Waals surface area contributed by atoms with E-state index in [1.165, 1.54) is 11.1 Å². The average Bonchev–Trinajstić information content (AvgIpc) is 2.46. The van der Waals surface area contributed by atoms with Gasteiger partial charge in [0.05, 0.1) is 6.04 Å². The lowest BCUT2D eigenvalue weighted by Crippen LogP contribution is -2.46. The number of benzene rings is 1. The highest BCUT2D eigenvalue weighted by Gasteiger charge is 2.35. The van der Waals surface area contributed by atoms with Crippen molar-refractivity contribution in [2.45, 2.75) is 46.1 Å². The molecule has 1 saturated heterocycles. The van der Waals surface area contributed by atoms with Crippen LogP contribution in [0.4, 0.5) is 0 Å². The molecule has 0 aliphatic carbocycles. The number of piperidine rings is 1. The Morgan fingerprint density at radius 1 is 1.30 bits per heavy atom. The van der Waals surface area contributed by atoms with Crippen molar-refractivity contribution in [3.8, 4) is 0 Å². The zero-order valence-corrected chi connectivity index (χ0v) is 12.8. The lowest BCUT2D eigenvalue weighted by molar-refractivity contribution is -0.132. The number of nitrogens with one attached hydrogen (secondary N) is 2. The zero-order chi connectivity index (χ0) is 14.6. The Morgan fingerprint density at radius 3 is 2.45 bits per heavy atom. The van der Waals surface area contributed by atoms with Gasteiger partial charge in [0.2, 0.25) is 5.91 Å². The van der Waals surface area contributed by atoms with Crippen LogP contribution in [-0.4, -0.2) is 19.0 Å². The van der Waals surface area contributed by atoms with Gasteiger partial charge in [0, 0.05) is 5.41 Å². The van der Waals surface area contributed by atoms with Crippen molar-refractivity contribution in [1.82, 2.24) is 10.6 Å². The van der Waals surface area contributed by atoms with Crippen LogP contribution < -0.4 is 10.6 Å². The standard InChI is InChI=1S/C17H26N2O/c1-4-15(14-7-5-13(2)6-8-14)19-16(20)17(3)9-11-18-12-10-17/h5-8,15,18H,4,9-12H2,1-3H3,(H,19,20). The predicted octanol–water partition coefficient (Wildman–Crippen LogP) is 2.95. The van der Waals surface area contributed by atoms with E-state index in [2.05, 4.69) is 55.7 Å². The van der Waals surface area contributed by atoms with Crippen molar-refractivity contribution in [1.29, 1.82) is 0 Å². The van der Waals surface area contributed by atoms with Gasteiger partial charge < -0.3 is 10.6 Å². The van der Waals surface area contributed by atoms with Gasteiger partial charge in [-0.1, -0.05) is 43.7 Å². The van der Waals surface area contributed by atoms with Crippen molar-refractivity contribution in [2.75, 3.05) is 13.1 Å². The molecule has 1 atom stereocenters. The molecular weight excluding hydrogens is 248 g/mol. The number of amides is 1. The lowest BCUT2D eigenvalue weighted by atomic mass is 9.80. The summed E-state index contributed by atoms with van der Waals surface area (Å²) >= 11 is 0. The molecule has 3 nitrogen and oxygen atoms in total. The second-order valence-corrected chi connectivity index (χ2v) is 6.16. The predicted molar refractivity (Wildman–Crippen MR) is 82.6 cm³/mol. The van der Waals surface area contributed by atoms with Crippen LogP contribution in [0.25, 0.3) is 0 Å². The van der Waals surface area contributed by atoms with E-state index in [0.29, 0.717) is 0 Å². The lowest BCUT2D eigenvalue weighted by Gasteiger charge is -2.34. The summed E-state index contributed by atoms with van der Waals surface area (Å²) in [4.78, 5) is 12.6. The highest BCUT2D eigenvalue weighted by molar-refractivity contribution is 5.82. The van der Waals surface area contributed by atoms with E-state index in [9.17, 15) is 4.79 Å². The van der Waals surface area contributed by atoms with Crippen LogP contribution in [0.1, 0.15) is 50.3 Å². The minimum Gasteiger partial charge on any atom is -0.349 e. The molecule has 0 spiro atoms. The molecular formula is C17H26N2O. The third-order valence-corrected chi connectivity index (χ3v) is 4.45. The van der Waals surface area contributed by atoms with Crippen molar-refractivity contribution in [3.05, 3.63) is 35.4 Å². The van der Waals surface area contributed by atoms with Crippen molar-refractivity contribution in [2.24, 2.45) is 5.41 Å². The summed E-state index contributed by atoms with van der Waals surface area (Å²) in [5, 5.41) is 6.57. The average molecular weight is 274 g/mol. The molecule has 0 saturated carbocycles. The molecule has 0 aromatic heterocycles. The van der Waals surface area contributed by atoms with Crippen LogP contribution >= 0.6 is 0 Å². The number of rotatable bonds is 4. The summed E-state index contributed by atoms with van der Waals surface area (Å²) in [5.41, 5.74) is 2.23. The van der Waals surface area contributed by atoms with E-state index in [1.807, 2.05) is 0 Å². The fourth-order valence-corrected chi connectivity index (χ4v) is 2.76. The molecule has 2 rings (SSSR count). The van der Waals surface area contributed by atoms with Gasteiger partial charge in [-0.3, -0.25) is 4.79 Å². The molecule has 2 N–H and O–H groups in total. The van der Waals surface area contributed by atoms with E-state index < -0.39 is 0 Å². The largest absolute Gasteiger partial charge is 0.349 e. The Bertz CT molecular complexity index is 447. The van der Waals surface area contributed by atoms with E-state index >= 15 is 0 Å². The molecule has 1 aliphatic heterocycles. The fourth-order valence-electron chi connectivity index (χ4n) is 2.76. The highest BCUT2D eigenvalue weighted by atomic mass is 16.2. The van der Waals surface area contributed by atoms with Gasteiger partial charge in [-0.25, -0.2) is 0 Å². The summed E-state index contributed by atoms with van der Waals surface area (Å²) in [6.07, 6.45) is 2.76. The SMILES string of the molecule is CCC(NC(=O)C1(C)CCNCC1)c1ccc(C)cc1. The molecule has 20 heavy (non-hydrogen) atoms. The molecule has 1 heterocycles. The second-order valence-electron chi connectivity index (χ2n) is 6.16. The van der Waals surface area contributed by atoms with Gasteiger partial charge in [-0.05, 0) is 44.8 Å². The topological polar surface area (TPSA) is 41.1 Å². The number of aryl methyl sites for hydroxylation is 1. The van der Waals surface area contributed by atoms with Gasteiger partial charge in [0.1, 0.15) is 0 Å². The maximum Gasteiger partial charge on any atom is 0.226 e. The normalized spacial score (nSPS) is 19.4. The smallest absolute Gasteiger partial charge is 0.226 e. The quantitative estimate of drug-likeness (QED) is 0.886. The van der Waals surface area contributed by atoms with Gasteiger partial charge in [-0.15, -0.1) is 0 Å². The Balaban J connectivity index is 2.05. The first kappa shape index (κ1) is 15.0. The number of carbonyl (C=O) groups is 1. The molecule has 3 heteroatoms. The third-order valence-electron chi connectivity index (χ3n) is 4.45. The van der Waals surface area contributed by atoms with E-state index in [0.717, 1.165) is 32.4 Å². The maximum atomic E-state index is 12.6. The van der Waals surface area contributed by atoms with Crippen LogP contribution in [-0.2, 0) is 4.79 Å². The highest BCUT2D eigenvalue weighted by Crippen LogP contribution is 2.29. The molecule has 1 amide bonds. The summed E-state index contributed by atoms with van der Waals surface area (Å²) in [6, 6.07) is 8.57. The third kappa shape index (κ3) is 3.40. The van der Waals surface area contributed by atoms with E-state index in [-0.39, 0.29) is 17.4 Å². The van der Waals surface area contributed by atoms with Crippen molar-refractivity contribution in [3.63, 3.8) is 0 Å². The molecule has 110 valence electrons. The van der Waals surface area contributed by atoms with Gasteiger partial charge in [0.25, 0.3) is 0 Å². The van der Waals surface area contributed by atoms with Gasteiger partial charge in [-0.2, -0.15) is 0 Å². The first-order valence-electron chi connectivity index (χ1n) is 7.63. The summed E-state index contributed by atoms with van der Waals surface area (Å²) in [7, 11) is 0. The van der Waals surface area contributed by atoms with Crippen molar-refractivity contribution < 1.29 is 4.79 Å². The molecule has 1 fully saturated rings. The van der Waals surface area contributed by atoms with Crippen LogP contribution in [0.5, 0.6) is 0 Å². The van der Waals surface area contributed by atoms with Crippen LogP contribution in [0.15, 0.2) is 24.3 Å². The second kappa shape index (κ2) is 6.40. The number of hydrogen-bond donors (Lipinski definition) is 2. The van der Waals surface area contributed by atoms with E-state index in [4.69, 9.17) is 0 Å². The first-order chi connectivity index (χ1) is 9.55. The summed E-state index contributed by atoms with van der Waals surface area (Å²) in [5.74, 6) is 0.200. The Labute approximate surface area is 122 Å². The van der Waals surface area contributed by atoms with Gasteiger partial charge in [0.15, 0.2) is 0 Å². The monoisotopic (exact) mass is 274 g/mol. The van der Waals surface area contributed by atoms with Crippen molar-refractivity contribution >= 4 is 5.91 Å². The first-order valence-corrected chi connectivity index (χ1v) is 7.63. The minimum absolute atomic E-state index is 0.120. The van der Waals surface area contributed by atoms with Crippen LogP contribution in [0, 0.1) is 12.3 Å². The fraction of sp³-hybridized carbons (Fsp3) is 0.588. The number of carbonyl (C=O) groups excluding carboxylic acids is 1. The number of hydrogen-bond acceptors (Lipinski definition) is 2. The summed E-state index contributed by atoms with van der Waals surface area (Å²) in [6.45, 7) is 8.16. The maximum absolute atomic E-state index is 12.6. The Hall–Kier alpha value is -1.35. The molecule has 1 unspecified atom stereocenters. The Morgan fingerprint density at radius 2 is 1.90 bits per heavy atom. The molecule has 1 aliphatic rings. The van der Waals surface area contributed by atoms with E-state index in [1.54, 1.807) is 0 Å². The zero-order valence-electron chi connectivity index (χ0n) is 12.8. The molecule has 1 aromatic carbocycles.